The molecule has 1 saturated carbocycles. The van der Waals surface area contributed by atoms with Crippen LogP contribution in [0.15, 0.2) is 47.4 Å². The predicted molar refractivity (Wildman–Crippen MR) is 180 cm³/mol. The van der Waals surface area contributed by atoms with Crippen molar-refractivity contribution >= 4 is 41.4 Å². The van der Waals surface area contributed by atoms with Crippen LogP contribution in [0.5, 0.6) is 0 Å². The van der Waals surface area contributed by atoms with E-state index in [0.29, 0.717) is 0 Å². The first-order chi connectivity index (χ1) is 20.0. The highest BCUT2D eigenvalue weighted by atomic mass is 35.5. The van der Waals surface area contributed by atoms with E-state index in [4.69, 9.17) is 11.6 Å². The molecule has 1 aliphatic carbocycles. The molecule has 0 N–H and O–H groups in total. The van der Waals surface area contributed by atoms with Crippen LogP contribution in [0.2, 0.25) is 5.02 Å². The van der Waals surface area contributed by atoms with Crippen molar-refractivity contribution in [2.75, 3.05) is 71.4 Å². The summed E-state index contributed by atoms with van der Waals surface area (Å²) in [5, 5.41) is 0.863. The van der Waals surface area contributed by atoms with Crippen LogP contribution in [0.3, 0.4) is 0 Å². The van der Waals surface area contributed by atoms with Gasteiger partial charge >= 0.3 is 0 Å². The average molecular weight is 616 g/mol. The zero-order valence-corrected chi connectivity index (χ0v) is 27.7. The Hall–Kier alpha value is -0.930. The van der Waals surface area contributed by atoms with Crippen molar-refractivity contribution in [2.24, 2.45) is 5.92 Å². The van der Waals surface area contributed by atoms with E-state index in [1.807, 2.05) is 30.1 Å². The molecule has 0 amide bonds. The summed E-state index contributed by atoms with van der Waals surface area (Å²) >= 11 is 10.2. The molecule has 0 atom stereocenters. The summed E-state index contributed by atoms with van der Waals surface area (Å²) in [7, 11) is 4.26. The largest absolute Gasteiger partial charge is 0.378 e. The summed E-state index contributed by atoms with van der Waals surface area (Å²) in [6, 6.07) is 15.4. The van der Waals surface area contributed by atoms with Gasteiger partial charge in [-0.3, -0.25) is 0 Å². The van der Waals surface area contributed by atoms with Gasteiger partial charge in [-0.15, -0.1) is 0 Å². The first-order valence-corrected chi connectivity index (χ1v) is 17.8. The summed E-state index contributed by atoms with van der Waals surface area (Å²) in [6.45, 7) is 10.4. The summed E-state index contributed by atoms with van der Waals surface area (Å²) in [5.74, 6) is 0.906. The van der Waals surface area contributed by atoms with Gasteiger partial charge in [0.1, 0.15) is 0 Å². The topological polar surface area (TPSA) is 16.2 Å². The zero-order chi connectivity index (χ0) is 28.4. The Morgan fingerprint density at radius 2 is 1.49 bits per heavy atom. The second-order valence-corrected chi connectivity index (χ2v) is 15.1. The molecule has 1 saturated heterocycles. The van der Waals surface area contributed by atoms with E-state index in [0.717, 1.165) is 56.6 Å². The van der Waals surface area contributed by atoms with Gasteiger partial charge < -0.3 is 9.80 Å². The molecule has 0 unspecified atom stereocenters. The molecule has 2 heterocycles. The third-order valence-electron chi connectivity index (χ3n) is 8.76. The Balaban J connectivity index is 1.23. The van der Waals surface area contributed by atoms with Crippen LogP contribution < -0.4 is 4.90 Å². The molecule has 0 bridgehead atoms. The number of nitrogens with zero attached hydrogens (tertiary/aromatic N) is 5. The minimum Gasteiger partial charge on any atom is -0.378 e. The van der Waals surface area contributed by atoms with E-state index in [-0.39, 0.29) is 0 Å². The molecule has 0 aromatic heterocycles. The van der Waals surface area contributed by atoms with Crippen molar-refractivity contribution in [1.82, 2.24) is 17.8 Å². The number of hydrogen-bond donors (Lipinski definition) is 0. The van der Waals surface area contributed by atoms with Crippen molar-refractivity contribution in [3.05, 3.63) is 58.6 Å². The quantitative estimate of drug-likeness (QED) is 0.293. The Kier molecular flexibility index (Phi) is 12.5. The summed E-state index contributed by atoms with van der Waals surface area (Å²) in [4.78, 5) is 6.36. The standard InChI is InChI=1S/C33H50ClN5S2/c1-35(2)32-12-6-13-33(25-32)40-37-19-7-17-36(26-28-10-4-3-5-11-28)18-8-21-38(22-9-20-37)41-39-23-16-29-24-31(34)15-14-30(29)27-39/h6,12-15,24-25,28H,3-5,7-11,16-23,26-27H2,1-2H3. The molecular weight excluding hydrogens is 566 g/mol. The van der Waals surface area contributed by atoms with Gasteiger partial charge in [0, 0.05) is 87.6 Å². The number of hydrogen-bond acceptors (Lipinski definition) is 7. The van der Waals surface area contributed by atoms with E-state index in [9.17, 15) is 0 Å². The second-order valence-electron chi connectivity index (χ2n) is 12.3. The van der Waals surface area contributed by atoms with Crippen LogP contribution in [0.1, 0.15) is 62.5 Å². The van der Waals surface area contributed by atoms with Crippen LogP contribution in [-0.2, 0) is 13.0 Å². The first-order valence-electron chi connectivity index (χ1n) is 15.9. The van der Waals surface area contributed by atoms with Crippen LogP contribution in [0.25, 0.3) is 0 Å². The smallest absolute Gasteiger partial charge is 0.0408 e. The monoisotopic (exact) mass is 615 g/mol. The van der Waals surface area contributed by atoms with Crippen molar-refractivity contribution in [1.29, 1.82) is 0 Å². The van der Waals surface area contributed by atoms with Crippen LogP contribution in [0.4, 0.5) is 5.69 Å². The number of fused-ring (bicyclic) bond motifs is 1. The molecule has 2 aromatic carbocycles. The molecular formula is C33H50ClN5S2. The highest BCUT2D eigenvalue weighted by Crippen LogP contribution is 2.30. The summed E-state index contributed by atoms with van der Waals surface area (Å²) in [6.07, 6.45) is 12.0. The minimum absolute atomic E-state index is 0.863. The normalized spacial score (nSPS) is 21.6. The SMILES string of the molecule is CN(C)c1cccc(SN2CCCN(CC3CCCCC3)CCCN(SN3CCc4cc(Cl)ccc4C3)CCC2)c1. The average Bonchev–Trinajstić information content (AvgIpc) is 2.97. The van der Waals surface area contributed by atoms with Crippen LogP contribution in [-0.4, -0.2) is 84.3 Å². The maximum atomic E-state index is 6.27. The number of benzene rings is 2. The third kappa shape index (κ3) is 10.1. The van der Waals surface area contributed by atoms with Gasteiger partial charge in [0.05, 0.1) is 0 Å². The molecule has 2 aliphatic heterocycles. The van der Waals surface area contributed by atoms with E-state index in [1.165, 1.54) is 92.7 Å². The van der Waals surface area contributed by atoms with E-state index >= 15 is 0 Å². The number of anilines is 1. The Morgan fingerprint density at radius 3 is 2.24 bits per heavy atom. The van der Waals surface area contributed by atoms with Gasteiger partial charge in [-0.2, -0.15) is 0 Å². The fourth-order valence-electron chi connectivity index (χ4n) is 6.49. The second kappa shape index (κ2) is 16.2. The van der Waals surface area contributed by atoms with Gasteiger partial charge in [0.2, 0.25) is 0 Å². The molecule has 5 rings (SSSR count). The first kappa shape index (κ1) is 31.5. The maximum absolute atomic E-state index is 6.27. The van der Waals surface area contributed by atoms with Gasteiger partial charge in [0.25, 0.3) is 0 Å². The molecule has 41 heavy (non-hydrogen) atoms. The Labute approximate surface area is 263 Å². The van der Waals surface area contributed by atoms with Gasteiger partial charge in [-0.1, -0.05) is 43.0 Å². The van der Waals surface area contributed by atoms with Crippen molar-refractivity contribution in [3.63, 3.8) is 0 Å². The highest BCUT2D eigenvalue weighted by molar-refractivity contribution is 7.97. The lowest BCUT2D eigenvalue weighted by Gasteiger charge is -2.34. The third-order valence-corrected chi connectivity index (χ3v) is 11.2. The zero-order valence-electron chi connectivity index (χ0n) is 25.3. The Morgan fingerprint density at radius 1 is 0.756 bits per heavy atom. The van der Waals surface area contributed by atoms with Crippen molar-refractivity contribution < 1.29 is 0 Å². The molecule has 5 nitrogen and oxygen atoms in total. The van der Waals surface area contributed by atoms with Crippen LogP contribution in [0, 0.1) is 5.92 Å². The molecule has 2 aromatic rings. The summed E-state index contributed by atoms with van der Waals surface area (Å²) in [5.41, 5.74) is 4.13. The fraction of sp³-hybridized carbons (Fsp3) is 0.636. The summed E-state index contributed by atoms with van der Waals surface area (Å²) < 4.78 is 7.87. The molecule has 3 aliphatic rings. The number of rotatable bonds is 7. The van der Waals surface area contributed by atoms with Crippen molar-refractivity contribution in [3.8, 4) is 0 Å². The number of halogens is 1. The molecule has 0 spiro atoms. The van der Waals surface area contributed by atoms with Gasteiger partial charge in [-0.25, -0.2) is 12.9 Å². The van der Waals surface area contributed by atoms with Gasteiger partial charge in [0.15, 0.2) is 0 Å². The molecule has 0 radical (unpaired) electrons. The van der Waals surface area contributed by atoms with E-state index < -0.39 is 0 Å². The highest BCUT2D eigenvalue weighted by Gasteiger charge is 2.22. The molecule has 2 fully saturated rings. The van der Waals surface area contributed by atoms with Crippen molar-refractivity contribution in [2.45, 2.75) is 69.2 Å². The van der Waals surface area contributed by atoms with E-state index in [1.54, 1.807) is 0 Å². The van der Waals surface area contributed by atoms with Gasteiger partial charge in [-0.05, 0) is 111 Å². The fourth-order valence-corrected chi connectivity index (χ4v) is 8.85. The van der Waals surface area contributed by atoms with Crippen LogP contribution >= 0.6 is 35.7 Å². The lowest BCUT2D eigenvalue weighted by Crippen LogP contribution is -2.37. The Bertz CT molecular complexity index is 1080. The maximum Gasteiger partial charge on any atom is 0.0408 e. The van der Waals surface area contributed by atoms with E-state index in [2.05, 4.69) is 73.2 Å². The molecule has 226 valence electrons. The lowest BCUT2D eigenvalue weighted by molar-refractivity contribution is 0.187. The minimum atomic E-state index is 0.863. The lowest BCUT2D eigenvalue weighted by atomic mass is 9.89. The predicted octanol–water partition coefficient (Wildman–Crippen LogP) is 7.70. The molecule has 8 heteroatoms.